The molecule has 30 heavy (non-hydrogen) atoms. The number of para-hydroxylation sites is 1. The Labute approximate surface area is 177 Å². The lowest BCUT2D eigenvalue weighted by molar-refractivity contribution is -0.120. The molecule has 0 saturated heterocycles. The monoisotopic (exact) mass is 425 g/mol. The summed E-state index contributed by atoms with van der Waals surface area (Å²) in [7, 11) is 0. The van der Waals surface area contributed by atoms with Crippen molar-refractivity contribution >= 4 is 23.9 Å². The number of amides is 1. The molecule has 0 aliphatic carbocycles. The zero-order valence-corrected chi connectivity index (χ0v) is 17.0. The molecule has 3 rings (SSSR count). The van der Waals surface area contributed by atoms with Crippen molar-refractivity contribution in [2.24, 2.45) is 5.10 Å². The van der Waals surface area contributed by atoms with Crippen LogP contribution in [0.1, 0.15) is 12.5 Å². The van der Waals surface area contributed by atoms with Crippen LogP contribution < -0.4 is 5.43 Å². The van der Waals surface area contributed by atoms with E-state index in [9.17, 15) is 14.3 Å². The molecule has 1 aromatic heterocycles. The predicted octanol–water partition coefficient (Wildman–Crippen LogP) is 3.61. The van der Waals surface area contributed by atoms with Crippen LogP contribution in [0.3, 0.4) is 0 Å². The van der Waals surface area contributed by atoms with Crippen molar-refractivity contribution in [2.75, 3.05) is 0 Å². The lowest BCUT2D eigenvalue weighted by atomic mass is 10.2. The molecule has 0 aliphatic heterocycles. The lowest BCUT2D eigenvalue weighted by Crippen LogP contribution is -2.27. The fraction of sp³-hybridized carbons (Fsp3) is 0.143. The molecule has 0 spiro atoms. The number of benzene rings is 2. The molecule has 1 amide bonds. The minimum atomic E-state index is -0.514. The molecule has 0 fully saturated rings. The Morgan fingerprint density at radius 3 is 2.73 bits per heavy atom. The molecular formula is C21H20FN5O2S. The Morgan fingerprint density at radius 1 is 1.30 bits per heavy atom. The summed E-state index contributed by atoms with van der Waals surface area (Å²) in [4.78, 5) is 12.4. The van der Waals surface area contributed by atoms with Gasteiger partial charge in [0.05, 0.1) is 11.5 Å². The van der Waals surface area contributed by atoms with Crippen molar-refractivity contribution in [3.05, 3.63) is 72.6 Å². The number of hydrogen-bond donors (Lipinski definition) is 2. The Bertz CT molecular complexity index is 1070. The number of phenols is 1. The molecule has 2 N–H and O–H groups in total. The molecule has 0 bridgehead atoms. The minimum Gasteiger partial charge on any atom is -0.507 e. The van der Waals surface area contributed by atoms with Gasteiger partial charge in [-0.2, -0.15) is 5.10 Å². The van der Waals surface area contributed by atoms with Crippen molar-refractivity contribution in [3.8, 4) is 17.1 Å². The largest absolute Gasteiger partial charge is 0.507 e. The molecule has 3 aromatic rings. The van der Waals surface area contributed by atoms with Gasteiger partial charge in [0.25, 0.3) is 5.91 Å². The van der Waals surface area contributed by atoms with E-state index >= 15 is 0 Å². The van der Waals surface area contributed by atoms with Crippen LogP contribution in [0.2, 0.25) is 0 Å². The highest BCUT2D eigenvalue weighted by molar-refractivity contribution is 8.00. The van der Waals surface area contributed by atoms with E-state index in [1.807, 2.05) is 0 Å². The lowest BCUT2D eigenvalue weighted by Gasteiger charge is -2.11. The van der Waals surface area contributed by atoms with Crippen LogP contribution in [-0.4, -0.2) is 37.2 Å². The fourth-order valence-corrected chi connectivity index (χ4v) is 3.40. The number of rotatable bonds is 8. The Morgan fingerprint density at radius 2 is 2.03 bits per heavy atom. The van der Waals surface area contributed by atoms with E-state index in [-0.39, 0.29) is 17.5 Å². The van der Waals surface area contributed by atoms with Gasteiger partial charge < -0.3 is 5.11 Å². The van der Waals surface area contributed by atoms with Gasteiger partial charge in [-0.05, 0) is 43.3 Å². The topological polar surface area (TPSA) is 92.4 Å². The summed E-state index contributed by atoms with van der Waals surface area (Å²) in [5, 5.41) is 22.0. The number of carbonyl (C=O) groups excluding carboxylic acids is 1. The first-order valence-electron chi connectivity index (χ1n) is 9.07. The van der Waals surface area contributed by atoms with Crippen molar-refractivity contribution in [3.63, 3.8) is 0 Å². The van der Waals surface area contributed by atoms with Crippen LogP contribution in [0.5, 0.6) is 5.75 Å². The first kappa shape index (κ1) is 21.3. The van der Waals surface area contributed by atoms with Gasteiger partial charge in [-0.3, -0.25) is 9.36 Å². The van der Waals surface area contributed by atoms with Crippen LogP contribution >= 0.6 is 11.8 Å². The Balaban J connectivity index is 1.70. The smallest absolute Gasteiger partial charge is 0.253 e. The van der Waals surface area contributed by atoms with Crippen LogP contribution in [0, 0.1) is 5.82 Å². The van der Waals surface area contributed by atoms with E-state index < -0.39 is 5.25 Å². The zero-order chi connectivity index (χ0) is 21.5. The number of halogens is 1. The van der Waals surface area contributed by atoms with Crippen molar-refractivity contribution in [1.29, 1.82) is 0 Å². The molecule has 2 aromatic carbocycles. The van der Waals surface area contributed by atoms with Gasteiger partial charge >= 0.3 is 0 Å². The van der Waals surface area contributed by atoms with Crippen molar-refractivity contribution < 1.29 is 14.3 Å². The van der Waals surface area contributed by atoms with E-state index in [0.717, 1.165) is 0 Å². The number of hydrogen-bond acceptors (Lipinski definition) is 6. The van der Waals surface area contributed by atoms with Crippen LogP contribution in [0.15, 0.2) is 71.4 Å². The molecule has 9 heteroatoms. The Kier molecular flexibility index (Phi) is 6.97. The minimum absolute atomic E-state index is 0.0729. The first-order valence-corrected chi connectivity index (χ1v) is 9.95. The second kappa shape index (κ2) is 9.84. The maximum Gasteiger partial charge on any atom is 0.253 e. The fourth-order valence-electron chi connectivity index (χ4n) is 2.55. The van der Waals surface area contributed by atoms with Crippen molar-refractivity contribution in [1.82, 2.24) is 20.2 Å². The maximum atomic E-state index is 13.2. The molecule has 0 saturated carbocycles. The van der Waals surface area contributed by atoms with Gasteiger partial charge in [-0.15, -0.1) is 16.8 Å². The summed E-state index contributed by atoms with van der Waals surface area (Å²) >= 11 is 1.22. The highest BCUT2D eigenvalue weighted by atomic mass is 32.2. The van der Waals surface area contributed by atoms with Gasteiger partial charge in [-0.1, -0.05) is 30.0 Å². The van der Waals surface area contributed by atoms with E-state index in [0.29, 0.717) is 28.7 Å². The van der Waals surface area contributed by atoms with E-state index in [1.165, 1.54) is 36.2 Å². The molecule has 154 valence electrons. The third-order valence-electron chi connectivity index (χ3n) is 4.10. The van der Waals surface area contributed by atoms with Crippen molar-refractivity contribution in [2.45, 2.75) is 23.9 Å². The van der Waals surface area contributed by atoms with Crippen LogP contribution in [0.4, 0.5) is 4.39 Å². The number of aromatic hydroxyl groups is 1. The van der Waals surface area contributed by atoms with Gasteiger partial charge in [0.15, 0.2) is 11.0 Å². The average Bonchev–Trinajstić information content (AvgIpc) is 3.12. The summed E-state index contributed by atoms with van der Waals surface area (Å²) in [6.45, 7) is 5.91. The van der Waals surface area contributed by atoms with E-state index in [1.54, 1.807) is 47.9 Å². The van der Waals surface area contributed by atoms with Gasteiger partial charge in [0, 0.05) is 17.7 Å². The highest BCUT2D eigenvalue weighted by Crippen LogP contribution is 2.27. The number of aromatic nitrogens is 3. The number of phenolic OH excluding ortho intramolecular Hbond substituents is 1. The standard InChI is InChI=1S/C21H20FN5O2S/c1-3-12-27-19(15-8-10-17(22)11-9-15)24-26-21(27)30-14(2)20(29)25-23-13-16-6-4-5-7-18(16)28/h3-11,13-14,28H,1,12H2,2H3,(H,25,29). The summed E-state index contributed by atoms with van der Waals surface area (Å²) in [5.41, 5.74) is 3.66. The second-order valence-corrected chi connectivity index (χ2v) is 7.57. The van der Waals surface area contributed by atoms with E-state index in [2.05, 4.69) is 27.3 Å². The molecule has 1 atom stereocenters. The average molecular weight is 425 g/mol. The molecule has 7 nitrogen and oxygen atoms in total. The number of hydrazone groups is 1. The van der Waals surface area contributed by atoms with Crippen LogP contribution in [0.25, 0.3) is 11.4 Å². The quantitative estimate of drug-likeness (QED) is 0.249. The summed E-state index contributed by atoms with van der Waals surface area (Å²) < 4.78 is 15.0. The summed E-state index contributed by atoms with van der Waals surface area (Å²) in [6.07, 6.45) is 3.07. The maximum absolute atomic E-state index is 13.2. The number of thioether (sulfide) groups is 1. The normalized spacial score (nSPS) is 12.1. The second-order valence-electron chi connectivity index (χ2n) is 6.27. The summed E-state index contributed by atoms with van der Waals surface area (Å²) in [5.74, 6) is -0.0349. The molecule has 1 heterocycles. The van der Waals surface area contributed by atoms with Crippen LogP contribution in [-0.2, 0) is 11.3 Å². The molecule has 0 aliphatic rings. The predicted molar refractivity (Wildman–Crippen MR) is 115 cm³/mol. The van der Waals surface area contributed by atoms with Gasteiger partial charge in [0.1, 0.15) is 11.6 Å². The molecule has 0 radical (unpaired) electrons. The number of nitrogens with zero attached hydrogens (tertiary/aromatic N) is 4. The van der Waals surface area contributed by atoms with Gasteiger partial charge in [0.2, 0.25) is 0 Å². The summed E-state index contributed by atoms with van der Waals surface area (Å²) in [6, 6.07) is 12.6. The van der Waals surface area contributed by atoms with E-state index in [4.69, 9.17) is 0 Å². The molecule has 1 unspecified atom stereocenters. The highest BCUT2D eigenvalue weighted by Gasteiger charge is 2.20. The number of allylic oxidation sites excluding steroid dienone is 1. The Hall–Kier alpha value is -3.46. The number of nitrogens with one attached hydrogen (secondary N) is 1. The third kappa shape index (κ3) is 5.12. The zero-order valence-electron chi connectivity index (χ0n) is 16.2. The third-order valence-corrected chi connectivity index (χ3v) is 5.18. The molecular weight excluding hydrogens is 405 g/mol. The number of carbonyl (C=O) groups is 1. The SMILES string of the molecule is C=CCn1c(SC(C)C(=O)NN=Cc2ccccc2O)nnc1-c1ccc(F)cc1. The van der Waals surface area contributed by atoms with Gasteiger partial charge in [-0.25, -0.2) is 9.82 Å². The first-order chi connectivity index (χ1) is 14.5.